The smallest absolute Gasteiger partial charge is 0.191 e. The molecule has 2 aromatic rings. The second-order valence-electron chi connectivity index (χ2n) is 7.02. The number of piperidine rings is 1. The number of thiazole rings is 1. The molecule has 27 heavy (non-hydrogen) atoms. The van der Waals surface area contributed by atoms with Crippen molar-refractivity contribution < 1.29 is 0 Å². The predicted octanol–water partition coefficient (Wildman–Crippen LogP) is 3.08. The fourth-order valence-corrected chi connectivity index (χ4v) is 4.18. The Kier molecular flexibility index (Phi) is 7.66. The molecule has 2 heterocycles. The highest BCUT2D eigenvalue weighted by Crippen LogP contribution is 2.14. The van der Waals surface area contributed by atoms with Crippen LogP contribution in [0.15, 0.2) is 40.7 Å². The molecule has 0 unspecified atom stereocenters. The van der Waals surface area contributed by atoms with E-state index in [0.29, 0.717) is 6.04 Å². The molecule has 1 aromatic carbocycles. The van der Waals surface area contributed by atoms with E-state index in [4.69, 9.17) is 0 Å². The molecule has 0 saturated carbocycles. The lowest BCUT2D eigenvalue weighted by Gasteiger charge is -2.33. The SMILES string of the molecule is CCc1nc(CCNC(=NC)NC2CCN(Cc3ccccc3)CC2)cs1. The zero-order chi connectivity index (χ0) is 18.9. The zero-order valence-electron chi connectivity index (χ0n) is 16.4. The minimum absolute atomic E-state index is 0.495. The lowest BCUT2D eigenvalue weighted by atomic mass is 10.0. The maximum Gasteiger partial charge on any atom is 0.191 e. The molecule has 3 rings (SSSR count). The Bertz CT molecular complexity index is 704. The minimum atomic E-state index is 0.495. The lowest BCUT2D eigenvalue weighted by Crippen LogP contribution is -2.48. The number of nitrogens with one attached hydrogen (secondary N) is 2. The number of aryl methyl sites for hydroxylation is 1. The molecule has 1 saturated heterocycles. The molecule has 0 atom stereocenters. The topological polar surface area (TPSA) is 52.6 Å². The first-order valence-electron chi connectivity index (χ1n) is 9.93. The van der Waals surface area contributed by atoms with Crippen LogP contribution in [0.3, 0.4) is 0 Å². The van der Waals surface area contributed by atoms with Gasteiger partial charge in [0.1, 0.15) is 0 Å². The van der Waals surface area contributed by atoms with E-state index in [2.05, 4.69) is 68.1 Å². The Hall–Kier alpha value is -1.92. The highest BCUT2D eigenvalue weighted by molar-refractivity contribution is 7.09. The first-order valence-corrected chi connectivity index (χ1v) is 10.8. The third kappa shape index (κ3) is 6.33. The zero-order valence-corrected chi connectivity index (χ0v) is 17.3. The van der Waals surface area contributed by atoms with Crippen molar-refractivity contribution in [1.29, 1.82) is 0 Å². The largest absolute Gasteiger partial charge is 0.356 e. The van der Waals surface area contributed by atoms with Gasteiger partial charge < -0.3 is 10.6 Å². The van der Waals surface area contributed by atoms with Crippen molar-refractivity contribution in [2.24, 2.45) is 4.99 Å². The lowest BCUT2D eigenvalue weighted by molar-refractivity contribution is 0.198. The van der Waals surface area contributed by atoms with Gasteiger partial charge in [0.25, 0.3) is 0 Å². The third-order valence-electron chi connectivity index (χ3n) is 4.98. The fourth-order valence-electron chi connectivity index (χ4n) is 3.40. The molecule has 0 spiro atoms. The normalized spacial score (nSPS) is 16.4. The monoisotopic (exact) mass is 385 g/mol. The highest BCUT2D eigenvalue weighted by Gasteiger charge is 2.19. The van der Waals surface area contributed by atoms with E-state index in [1.165, 1.54) is 16.3 Å². The summed E-state index contributed by atoms with van der Waals surface area (Å²) in [5.74, 6) is 0.905. The first kappa shape index (κ1) is 19.8. The fraction of sp³-hybridized carbons (Fsp3) is 0.524. The summed E-state index contributed by atoms with van der Waals surface area (Å²) >= 11 is 1.75. The average molecular weight is 386 g/mol. The molecule has 1 fully saturated rings. The van der Waals surface area contributed by atoms with Gasteiger partial charge in [-0.05, 0) is 24.8 Å². The van der Waals surface area contributed by atoms with Crippen LogP contribution in [0.2, 0.25) is 0 Å². The first-order chi connectivity index (χ1) is 13.3. The molecule has 146 valence electrons. The van der Waals surface area contributed by atoms with Gasteiger partial charge in [0.05, 0.1) is 10.7 Å². The summed E-state index contributed by atoms with van der Waals surface area (Å²) in [6.45, 7) is 6.31. The van der Waals surface area contributed by atoms with Crippen molar-refractivity contribution >= 4 is 17.3 Å². The summed E-state index contributed by atoms with van der Waals surface area (Å²) in [6, 6.07) is 11.2. The number of aliphatic imine (C=N–C) groups is 1. The molecule has 1 aliphatic heterocycles. The maximum absolute atomic E-state index is 4.62. The van der Waals surface area contributed by atoms with Crippen LogP contribution in [0.25, 0.3) is 0 Å². The van der Waals surface area contributed by atoms with Crippen molar-refractivity contribution in [3.8, 4) is 0 Å². The molecule has 0 aliphatic carbocycles. The van der Waals surface area contributed by atoms with E-state index in [-0.39, 0.29) is 0 Å². The second-order valence-corrected chi connectivity index (χ2v) is 7.96. The van der Waals surface area contributed by atoms with E-state index in [0.717, 1.165) is 57.8 Å². The summed E-state index contributed by atoms with van der Waals surface area (Å²) in [5, 5.41) is 10.4. The van der Waals surface area contributed by atoms with Gasteiger partial charge in [0.2, 0.25) is 0 Å². The third-order valence-corrected chi connectivity index (χ3v) is 6.02. The Morgan fingerprint density at radius 2 is 2.04 bits per heavy atom. The van der Waals surface area contributed by atoms with Crippen LogP contribution in [0, 0.1) is 0 Å². The summed E-state index contributed by atoms with van der Waals surface area (Å²) < 4.78 is 0. The highest BCUT2D eigenvalue weighted by atomic mass is 32.1. The van der Waals surface area contributed by atoms with Gasteiger partial charge in [-0.3, -0.25) is 9.89 Å². The number of hydrogen-bond donors (Lipinski definition) is 2. The van der Waals surface area contributed by atoms with Gasteiger partial charge in [-0.2, -0.15) is 0 Å². The van der Waals surface area contributed by atoms with Crippen LogP contribution in [-0.2, 0) is 19.4 Å². The van der Waals surface area contributed by atoms with Gasteiger partial charge in [-0.15, -0.1) is 11.3 Å². The quantitative estimate of drug-likeness (QED) is 0.568. The van der Waals surface area contributed by atoms with E-state index in [1.807, 2.05) is 7.05 Å². The molecule has 5 nitrogen and oxygen atoms in total. The predicted molar refractivity (Wildman–Crippen MR) is 114 cm³/mol. The van der Waals surface area contributed by atoms with Crippen LogP contribution < -0.4 is 10.6 Å². The van der Waals surface area contributed by atoms with Gasteiger partial charge in [-0.25, -0.2) is 4.98 Å². The van der Waals surface area contributed by atoms with Crippen molar-refractivity contribution in [3.63, 3.8) is 0 Å². The number of likely N-dealkylation sites (tertiary alicyclic amines) is 1. The molecule has 0 radical (unpaired) electrons. The van der Waals surface area contributed by atoms with E-state index in [9.17, 15) is 0 Å². The van der Waals surface area contributed by atoms with E-state index < -0.39 is 0 Å². The van der Waals surface area contributed by atoms with Gasteiger partial charge in [0.15, 0.2) is 5.96 Å². The number of aromatic nitrogens is 1. The summed E-state index contributed by atoms with van der Waals surface area (Å²) in [4.78, 5) is 11.5. The van der Waals surface area contributed by atoms with Crippen LogP contribution in [-0.4, -0.2) is 48.6 Å². The van der Waals surface area contributed by atoms with Crippen LogP contribution >= 0.6 is 11.3 Å². The van der Waals surface area contributed by atoms with Crippen molar-refractivity contribution in [3.05, 3.63) is 52.0 Å². The van der Waals surface area contributed by atoms with Crippen molar-refractivity contribution in [1.82, 2.24) is 20.5 Å². The molecular formula is C21H31N5S. The molecule has 6 heteroatoms. The Morgan fingerprint density at radius 1 is 1.26 bits per heavy atom. The maximum atomic E-state index is 4.62. The Labute approximate surface area is 166 Å². The number of rotatable bonds is 7. The second kappa shape index (κ2) is 10.4. The summed E-state index contributed by atoms with van der Waals surface area (Å²) in [7, 11) is 1.85. The van der Waals surface area contributed by atoms with Gasteiger partial charge in [-0.1, -0.05) is 37.3 Å². The number of hydrogen-bond acceptors (Lipinski definition) is 4. The number of guanidine groups is 1. The van der Waals surface area contributed by atoms with E-state index >= 15 is 0 Å². The van der Waals surface area contributed by atoms with E-state index in [1.54, 1.807) is 11.3 Å². The van der Waals surface area contributed by atoms with Crippen LogP contribution in [0.1, 0.15) is 36.0 Å². The molecule has 0 amide bonds. The standard InChI is InChI=1S/C21H31N5S/c1-3-20-24-19(16-27-20)9-12-23-21(22-2)25-18-10-13-26(14-11-18)15-17-7-5-4-6-8-17/h4-8,16,18H,3,9-15H2,1-2H3,(H2,22,23,25). The van der Waals surface area contributed by atoms with Gasteiger partial charge >= 0.3 is 0 Å². The van der Waals surface area contributed by atoms with Crippen molar-refractivity contribution in [2.45, 2.75) is 45.2 Å². The number of nitrogens with zero attached hydrogens (tertiary/aromatic N) is 3. The molecule has 1 aliphatic rings. The molecule has 1 aromatic heterocycles. The molecular weight excluding hydrogens is 354 g/mol. The Balaban J connectivity index is 1.36. The average Bonchev–Trinajstić information content (AvgIpc) is 3.17. The van der Waals surface area contributed by atoms with Crippen molar-refractivity contribution in [2.75, 3.05) is 26.7 Å². The van der Waals surface area contributed by atoms with Gasteiger partial charge in [0, 0.05) is 51.1 Å². The molecule has 2 N–H and O–H groups in total. The molecule has 0 bridgehead atoms. The van der Waals surface area contributed by atoms with Crippen LogP contribution in [0.4, 0.5) is 0 Å². The van der Waals surface area contributed by atoms with Crippen LogP contribution in [0.5, 0.6) is 0 Å². The summed E-state index contributed by atoms with van der Waals surface area (Å²) in [6.07, 6.45) is 4.26. The minimum Gasteiger partial charge on any atom is -0.356 e. The number of benzene rings is 1. The summed E-state index contributed by atoms with van der Waals surface area (Å²) in [5.41, 5.74) is 2.57. The Morgan fingerprint density at radius 3 is 2.70 bits per heavy atom.